The molecule has 0 aliphatic carbocycles. The van der Waals surface area contributed by atoms with Gasteiger partial charge in [0.15, 0.2) is 0 Å². The zero-order valence-corrected chi connectivity index (χ0v) is 9.95. The van der Waals surface area contributed by atoms with E-state index in [0.29, 0.717) is 0 Å². The van der Waals surface area contributed by atoms with E-state index in [1.807, 2.05) is 36.9 Å². The molecule has 1 atom stereocenters. The van der Waals surface area contributed by atoms with Crippen LogP contribution in [0.5, 0.6) is 0 Å². The second-order valence-electron chi connectivity index (χ2n) is 2.80. The minimum absolute atomic E-state index is 0.259. The van der Waals surface area contributed by atoms with Crippen LogP contribution < -0.4 is 5.19 Å². The van der Waals surface area contributed by atoms with Crippen LogP contribution in [-0.2, 0) is 13.4 Å². The molecule has 0 spiro atoms. The minimum atomic E-state index is -2.44. The van der Waals surface area contributed by atoms with Crippen LogP contribution in [0.2, 0.25) is 6.55 Å². The van der Waals surface area contributed by atoms with Crippen molar-refractivity contribution in [1.29, 1.82) is 0 Å². The van der Waals surface area contributed by atoms with Gasteiger partial charge >= 0.3 is 84.9 Å². The van der Waals surface area contributed by atoms with Gasteiger partial charge in [0.1, 0.15) is 0 Å². The third-order valence-corrected chi connectivity index (χ3v) is 4.96. The van der Waals surface area contributed by atoms with Crippen LogP contribution in [-0.4, -0.2) is 15.7 Å². The van der Waals surface area contributed by atoms with Gasteiger partial charge < -0.3 is 0 Å². The summed E-state index contributed by atoms with van der Waals surface area (Å²) in [6.45, 7) is 1.88. The summed E-state index contributed by atoms with van der Waals surface area (Å²) in [5.74, 6) is 2.29. The van der Waals surface area contributed by atoms with Gasteiger partial charge in [-0.15, -0.1) is 0 Å². The number of hydrogen-bond donors (Lipinski definition) is 0. The summed E-state index contributed by atoms with van der Waals surface area (Å²) < 4.78 is 20.8. The van der Waals surface area contributed by atoms with Gasteiger partial charge in [0, 0.05) is 0 Å². The average molecular weight is 226 g/mol. The van der Waals surface area contributed by atoms with E-state index in [4.69, 9.17) is 8.85 Å². The van der Waals surface area contributed by atoms with Gasteiger partial charge in [0.05, 0.1) is 0 Å². The van der Waals surface area contributed by atoms with Gasteiger partial charge in [0.2, 0.25) is 0 Å². The maximum atomic E-state index is 10.2. The molecule has 14 heavy (non-hydrogen) atoms. The molecule has 1 aromatic carbocycles. The van der Waals surface area contributed by atoms with Crippen molar-refractivity contribution in [2.24, 2.45) is 0 Å². The predicted molar refractivity (Wildman–Crippen MR) is 57.3 cm³/mol. The van der Waals surface area contributed by atoms with Crippen LogP contribution in [0.15, 0.2) is 30.3 Å². The van der Waals surface area contributed by atoms with Crippen molar-refractivity contribution >= 4 is 21.7 Å². The van der Waals surface area contributed by atoms with Crippen molar-refractivity contribution in [3.63, 3.8) is 0 Å². The van der Waals surface area contributed by atoms with E-state index in [-0.39, 0.29) is 7.92 Å². The third kappa shape index (κ3) is 2.68. The van der Waals surface area contributed by atoms with Crippen molar-refractivity contribution < 1.29 is 13.4 Å². The Morgan fingerprint density at radius 2 is 2.00 bits per heavy atom. The summed E-state index contributed by atoms with van der Waals surface area (Å²) in [6.07, 6.45) is 0. The van der Waals surface area contributed by atoms with Crippen LogP contribution in [0.25, 0.3) is 0 Å². The van der Waals surface area contributed by atoms with E-state index in [9.17, 15) is 4.57 Å². The van der Waals surface area contributed by atoms with Crippen LogP contribution in [0, 0.1) is 5.81 Å². The topological polar surface area (TPSA) is 35.5 Å². The SMILES string of the molecule is CO[Si](C)(OC#P=O)c1ccccc1. The van der Waals surface area contributed by atoms with Crippen molar-refractivity contribution in [1.82, 2.24) is 0 Å². The molecule has 0 fully saturated rings. The molecule has 1 rings (SSSR count). The van der Waals surface area contributed by atoms with Gasteiger partial charge in [-0.05, 0) is 0 Å². The third-order valence-electron chi connectivity index (χ3n) is 1.97. The normalized spacial score (nSPS) is 14.1. The van der Waals surface area contributed by atoms with E-state index in [2.05, 4.69) is 5.81 Å². The molecule has 5 heteroatoms. The molecule has 0 amide bonds. The van der Waals surface area contributed by atoms with Crippen molar-refractivity contribution in [2.45, 2.75) is 6.55 Å². The summed E-state index contributed by atoms with van der Waals surface area (Å²) in [5.41, 5.74) is 0. The van der Waals surface area contributed by atoms with E-state index < -0.39 is 8.56 Å². The molecule has 0 aliphatic heterocycles. The van der Waals surface area contributed by atoms with Crippen LogP contribution in [0.4, 0.5) is 0 Å². The molecular weight excluding hydrogens is 215 g/mol. The first-order valence-corrected chi connectivity index (χ1v) is 7.22. The second kappa shape index (κ2) is 5.30. The Balaban J connectivity index is 2.99. The predicted octanol–water partition coefficient (Wildman–Crippen LogP) is 1.84. The zero-order valence-electron chi connectivity index (χ0n) is 8.06. The molecule has 0 bridgehead atoms. The Labute approximate surface area is 85.4 Å². The summed E-state index contributed by atoms with van der Waals surface area (Å²) in [6, 6.07) is 9.61. The van der Waals surface area contributed by atoms with Gasteiger partial charge in [0.25, 0.3) is 0 Å². The Hall–Kier alpha value is -0.633. The summed E-state index contributed by atoms with van der Waals surface area (Å²) in [7, 11) is -1.11. The van der Waals surface area contributed by atoms with E-state index >= 15 is 0 Å². The fraction of sp³-hybridized carbons (Fsp3) is 0.222. The van der Waals surface area contributed by atoms with Crippen LogP contribution in [0.3, 0.4) is 0 Å². The molecule has 0 radical (unpaired) electrons. The van der Waals surface area contributed by atoms with Gasteiger partial charge in [-0.25, -0.2) is 0 Å². The Kier molecular flexibility index (Phi) is 4.33. The van der Waals surface area contributed by atoms with Crippen molar-refractivity contribution in [3.05, 3.63) is 30.3 Å². The first-order chi connectivity index (χ1) is 6.73. The molecule has 0 aromatic heterocycles. The number of benzene rings is 1. The second-order valence-corrected chi connectivity index (χ2v) is 6.25. The molecular formula is C9H11O3PSi. The first-order valence-electron chi connectivity index (χ1n) is 4.09. The van der Waals surface area contributed by atoms with E-state index in [0.717, 1.165) is 5.19 Å². The standard InChI is InChI=1S/C9H11O3PSi/c1-11-14(2,12-8-13-10)9-6-4-3-5-7-9/h3-7H,1-2H3. The summed E-state index contributed by atoms with van der Waals surface area (Å²) in [4.78, 5) is 0. The molecule has 1 aromatic rings. The van der Waals surface area contributed by atoms with E-state index in [1.165, 1.54) is 0 Å². The van der Waals surface area contributed by atoms with Crippen molar-refractivity contribution in [3.8, 4) is 5.81 Å². The fourth-order valence-electron chi connectivity index (χ4n) is 1.07. The number of hydrogen-bond acceptors (Lipinski definition) is 3. The molecule has 0 saturated carbocycles. The Morgan fingerprint density at radius 3 is 2.50 bits per heavy atom. The van der Waals surface area contributed by atoms with E-state index in [1.54, 1.807) is 7.11 Å². The quantitative estimate of drug-likeness (QED) is 0.582. The summed E-state index contributed by atoms with van der Waals surface area (Å²) in [5, 5.41) is 0.985. The van der Waals surface area contributed by atoms with Crippen molar-refractivity contribution in [2.75, 3.05) is 7.11 Å². The monoisotopic (exact) mass is 226 g/mol. The zero-order chi connectivity index (χ0) is 10.4. The molecule has 1 unspecified atom stereocenters. The molecule has 0 saturated heterocycles. The number of rotatable bonds is 3. The summed E-state index contributed by atoms with van der Waals surface area (Å²) >= 11 is 0. The molecule has 0 heterocycles. The molecule has 0 N–H and O–H groups in total. The first kappa shape index (κ1) is 11.4. The van der Waals surface area contributed by atoms with Gasteiger partial charge in [-0.1, -0.05) is 0 Å². The van der Waals surface area contributed by atoms with Crippen LogP contribution in [0.1, 0.15) is 0 Å². The fourth-order valence-corrected chi connectivity index (χ4v) is 3.15. The van der Waals surface area contributed by atoms with Crippen LogP contribution >= 0.6 is 7.92 Å². The van der Waals surface area contributed by atoms with Gasteiger partial charge in [-0.3, -0.25) is 0 Å². The maximum absolute atomic E-state index is 10.2. The molecule has 0 aliphatic rings. The molecule has 74 valence electrons. The van der Waals surface area contributed by atoms with Gasteiger partial charge in [-0.2, -0.15) is 0 Å². The molecule has 3 nitrogen and oxygen atoms in total. The average Bonchev–Trinajstić information content (AvgIpc) is 2.27. The Morgan fingerprint density at radius 1 is 1.36 bits per heavy atom. The Bertz CT molecular complexity index is 389.